The predicted octanol–water partition coefficient (Wildman–Crippen LogP) is 5.04. The number of aromatic nitrogens is 3. The number of nitrogens with zero attached hydrogens (tertiary/aromatic N) is 3. The first-order valence-corrected chi connectivity index (χ1v) is 9.75. The van der Waals surface area contributed by atoms with Crippen molar-refractivity contribution in [2.24, 2.45) is 13.0 Å². The Bertz CT molecular complexity index is 892. The Morgan fingerprint density at radius 3 is 2.69 bits per heavy atom. The molecule has 0 amide bonds. The lowest BCUT2D eigenvalue weighted by Gasteiger charge is -2.07. The molecule has 0 spiro atoms. The van der Waals surface area contributed by atoms with E-state index in [0.29, 0.717) is 16.9 Å². The second kappa shape index (κ2) is 7.43. The Labute approximate surface area is 162 Å². The number of benzene rings is 1. The number of hydrogen-bond donors (Lipinski definition) is 0. The van der Waals surface area contributed by atoms with Gasteiger partial charge in [-0.2, -0.15) is 0 Å². The summed E-state index contributed by atoms with van der Waals surface area (Å²) in [6.07, 6.45) is 4.73. The summed E-state index contributed by atoms with van der Waals surface area (Å²) in [5, 5.41) is 2.61. The maximum absolute atomic E-state index is 5.93. The summed E-state index contributed by atoms with van der Waals surface area (Å²) in [5.41, 5.74) is 3.49. The highest BCUT2D eigenvalue weighted by atomic mass is 35.5. The summed E-state index contributed by atoms with van der Waals surface area (Å²) in [7, 11) is 3.77. The summed E-state index contributed by atoms with van der Waals surface area (Å²) in [4.78, 5) is 8.98. The van der Waals surface area contributed by atoms with Crippen LogP contribution in [0.5, 0.6) is 0 Å². The van der Waals surface area contributed by atoms with Crippen LogP contribution in [0.2, 0.25) is 5.02 Å². The van der Waals surface area contributed by atoms with Crippen LogP contribution in [-0.2, 0) is 11.8 Å². The van der Waals surface area contributed by atoms with Gasteiger partial charge in [0.15, 0.2) is 0 Å². The standard InChI is InChI=1S/C20H20ClN3OS/c1-24-12-23-19(20(24)26-18-8-7-16(21)10-22-18)14-5-3-13(4-6-14)17-9-15(17)11-25-2/h3-8,10,12,15,17H,9,11H2,1-2H3/t15-,17-/m1/s1. The normalized spacial score (nSPS) is 18.9. The van der Waals surface area contributed by atoms with Gasteiger partial charge in [-0.3, -0.25) is 0 Å². The molecule has 0 saturated heterocycles. The molecule has 3 aromatic rings. The van der Waals surface area contributed by atoms with Crippen molar-refractivity contribution >= 4 is 23.4 Å². The zero-order chi connectivity index (χ0) is 18.1. The molecule has 2 aromatic heterocycles. The van der Waals surface area contributed by atoms with Crippen molar-refractivity contribution in [2.45, 2.75) is 22.4 Å². The lowest BCUT2D eigenvalue weighted by Crippen LogP contribution is -1.93. The lowest BCUT2D eigenvalue weighted by atomic mass is 10.1. The predicted molar refractivity (Wildman–Crippen MR) is 105 cm³/mol. The minimum atomic E-state index is 0.639. The van der Waals surface area contributed by atoms with E-state index < -0.39 is 0 Å². The van der Waals surface area contributed by atoms with Crippen molar-refractivity contribution in [3.8, 4) is 11.3 Å². The van der Waals surface area contributed by atoms with E-state index in [1.165, 1.54) is 12.0 Å². The molecular weight excluding hydrogens is 366 g/mol. The fraction of sp³-hybridized carbons (Fsp3) is 0.300. The molecule has 0 bridgehead atoms. The van der Waals surface area contributed by atoms with Gasteiger partial charge in [-0.15, -0.1) is 0 Å². The van der Waals surface area contributed by atoms with E-state index in [1.54, 1.807) is 25.1 Å². The molecule has 1 fully saturated rings. The van der Waals surface area contributed by atoms with Crippen LogP contribution in [0.1, 0.15) is 17.9 Å². The van der Waals surface area contributed by atoms with Crippen molar-refractivity contribution in [1.29, 1.82) is 0 Å². The third-order valence-electron chi connectivity index (χ3n) is 4.70. The fourth-order valence-corrected chi connectivity index (χ4v) is 4.21. The Morgan fingerprint density at radius 2 is 2.00 bits per heavy atom. The molecule has 4 nitrogen and oxygen atoms in total. The SMILES string of the molecule is COC[C@H]1C[C@@H]1c1ccc(-c2ncn(C)c2Sc2ccc(Cl)cn2)cc1. The van der Waals surface area contributed by atoms with E-state index in [0.717, 1.165) is 27.9 Å². The highest BCUT2D eigenvalue weighted by Crippen LogP contribution is 2.47. The van der Waals surface area contributed by atoms with Gasteiger partial charge in [0.2, 0.25) is 0 Å². The van der Waals surface area contributed by atoms with E-state index in [1.807, 2.05) is 30.1 Å². The topological polar surface area (TPSA) is 39.9 Å². The van der Waals surface area contributed by atoms with Gasteiger partial charge in [0, 0.05) is 32.5 Å². The molecule has 6 heteroatoms. The van der Waals surface area contributed by atoms with E-state index in [4.69, 9.17) is 16.3 Å². The third kappa shape index (κ3) is 3.65. The van der Waals surface area contributed by atoms with Gasteiger partial charge >= 0.3 is 0 Å². The minimum Gasteiger partial charge on any atom is -0.384 e. The van der Waals surface area contributed by atoms with Crippen LogP contribution in [0.4, 0.5) is 0 Å². The van der Waals surface area contributed by atoms with Crippen LogP contribution >= 0.6 is 23.4 Å². The monoisotopic (exact) mass is 385 g/mol. The molecule has 2 heterocycles. The fourth-order valence-electron chi connectivity index (χ4n) is 3.20. The van der Waals surface area contributed by atoms with Gasteiger partial charge in [-0.25, -0.2) is 9.97 Å². The molecule has 0 unspecified atom stereocenters. The molecule has 0 N–H and O–H groups in total. The number of rotatable bonds is 6. The molecule has 2 atom stereocenters. The van der Waals surface area contributed by atoms with E-state index in [2.05, 4.69) is 34.2 Å². The number of halogens is 1. The maximum Gasteiger partial charge on any atom is 0.109 e. The Morgan fingerprint density at radius 1 is 1.19 bits per heavy atom. The summed E-state index contributed by atoms with van der Waals surface area (Å²) in [6, 6.07) is 12.6. The second-order valence-corrected chi connectivity index (χ2v) is 8.05. The number of methoxy groups -OCH3 is 1. The van der Waals surface area contributed by atoms with E-state index in [-0.39, 0.29) is 0 Å². The van der Waals surface area contributed by atoms with E-state index >= 15 is 0 Å². The quantitative estimate of drug-likeness (QED) is 0.596. The Hall–Kier alpha value is -1.82. The van der Waals surface area contributed by atoms with Gasteiger partial charge in [0.1, 0.15) is 15.7 Å². The van der Waals surface area contributed by atoms with Crippen molar-refractivity contribution in [3.63, 3.8) is 0 Å². The molecule has 1 saturated carbocycles. The Kier molecular flexibility index (Phi) is 5.02. The summed E-state index contributed by atoms with van der Waals surface area (Å²) in [6.45, 7) is 0.849. The second-order valence-electron chi connectivity index (χ2n) is 6.61. The Balaban J connectivity index is 1.55. The molecule has 0 radical (unpaired) electrons. The molecule has 26 heavy (non-hydrogen) atoms. The van der Waals surface area contributed by atoms with Crippen LogP contribution < -0.4 is 0 Å². The zero-order valence-electron chi connectivity index (χ0n) is 14.7. The average molecular weight is 386 g/mol. The van der Waals surface area contributed by atoms with Gasteiger partial charge in [-0.1, -0.05) is 35.9 Å². The number of aryl methyl sites for hydroxylation is 1. The van der Waals surface area contributed by atoms with Crippen molar-refractivity contribution in [2.75, 3.05) is 13.7 Å². The first-order chi connectivity index (χ1) is 12.7. The molecule has 134 valence electrons. The van der Waals surface area contributed by atoms with E-state index in [9.17, 15) is 0 Å². The highest BCUT2D eigenvalue weighted by Gasteiger charge is 2.37. The van der Waals surface area contributed by atoms with Crippen molar-refractivity contribution in [3.05, 3.63) is 59.5 Å². The summed E-state index contributed by atoms with van der Waals surface area (Å²) >= 11 is 7.53. The third-order valence-corrected chi connectivity index (χ3v) is 6.05. The minimum absolute atomic E-state index is 0.639. The van der Waals surface area contributed by atoms with Gasteiger partial charge in [0.05, 0.1) is 11.3 Å². The first kappa shape index (κ1) is 17.6. The summed E-state index contributed by atoms with van der Waals surface area (Å²) in [5.74, 6) is 1.31. The number of imidazole rings is 1. The number of pyridine rings is 1. The molecule has 1 aromatic carbocycles. The van der Waals surface area contributed by atoms with Crippen LogP contribution in [0.3, 0.4) is 0 Å². The molecule has 1 aliphatic carbocycles. The van der Waals surface area contributed by atoms with Crippen LogP contribution in [0.25, 0.3) is 11.3 Å². The number of ether oxygens (including phenoxy) is 1. The molecular formula is C20H20ClN3OS. The average Bonchev–Trinajstić information content (AvgIpc) is 3.33. The van der Waals surface area contributed by atoms with Crippen LogP contribution in [-0.4, -0.2) is 28.3 Å². The molecule has 0 aliphatic heterocycles. The zero-order valence-corrected chi connectivity index (χ0v) is 16.3. The maximum atomic E-state index is 5.93. The van der Waals surface area contributed by atoms with Crippen molar-refractivity contribution in [1.82, 2.24) is 14.5 Å². The van der Waals surface area contributed by atoms with Gasteiger partial charge < -0.3 is 9.30 Å². The van der Waals surface area contributed by atoms with Crippen LogP contribution in [0, 0.1) is 5.92 Å². The smallest absolute Gasteiger partial charge is 0.109 e. The van der Waals surface area contributed by atoms with Gasteiger partial charge in [0.25, 0.3) is 0 Å². The van der Waals surface area contributed by atoms with Crippen molar-refractivity contribution < 1.29 is 4.74 Å². The lowest BCUT2D eigenvalue weighted by molar-refractivity contribution is 0.184. The number of hydrogen-bond acceptors (Lipinski definition) is 4. The molecule has 1 aliphatic rings. The largest absolute Gasteiger partial charge is 0.384 e. The highest BCUT2D eigenvalue weighted by molar-refractivity contribution is 7.99. The van der Waals surface area contributed by atoms with Crippen LogP contribution in [0.15, 0.2) is 59.0 Å². The first-order valence-electron chi connectivity index (χ1n) is 8.55. The van der Waals surface area contributed by atoms with Gasteiger partial charge in [-0.05, 0) is 47.7 Å². The summed E-state index contributed by atoms with van der Waals surface area (Å²) < 4.78 is 7.29. The molecule has 4 rings (SSSR count).